The lowest BCUT2D eigenvalue weighted by atomic mass is 10.0. The van der Waals surface area contributed by atoms with Gasteiger partial charge < -0.3 is 5.32 Å². The minimum atomic E-state index is -3.80. The number of carbonyl (C=O) groups is 1. The van der Waals surface area contributed by atoms with Crippen molar-refractivity contribution in [3.05, 3.63) is 77.7 Å². The average molecular weight is 452 g/mol. The Morgan fingerprint density at radius 3 is 2.48 bits per heavy atom. The lowest BCUT2D eigenvalue weighted by Gasteiger charge is -2.13. The Kier molecular flexibility index (Phi) is 5.86. The molecule has 0 saturated heterocycles. The highest BCUT2D eigenvalue weighted by atomic mass is 32.2. The van der Waals surface area contributed by atoms with Crippen LogP contribution in [0.5, 0.6) is 0 Å². The van der Waals surface area contributed by atoms with Gasteiger partial charge in [0.05, 0.1) is 16.6 Å². The second kappa shape index (κ2) is 8.58. The quantitative estimate of drug-likeness (QED) is 0.449. The van der Waals surface area contributed by atoms with E-state index in [-0.39, 0.29) is 4.90 Å². The molecule has 8 heteroatoms. The molecule has 0 unspecified atom stereocenters. The lowest BCUT2D eigenvalue weighted by molar-refractivity contribution is -0.117. The van der Waals surface area contributed by atoms with Crippen molar-refractivity contribution in [1.29, 1.82) is 0 Å². The molecule has 31 heavy (non-hydrogen) atoms. The van der Waals surface area contributed by atoms with Crippen molar-refractivity contribution in [1.82, 2.24) is 9.71 Å². The van der Waals surface area contributed by atoms with Crippen LogP contribution < -0.4 is 10.0 Å². The van der Waals surface area contributed by atoms with Gasteiger partial charge in [0.25, 0.3) is 0 Å². The Labute approximate surface area is 185 Å². The molecule has 0 spiro atoms. The van der Waals surface area contributed by atoms with Gasteiger partial charge in [-0.3, -0.25) is 4.79 Å². The fourth-order valence-corrected chi connectivity index (χ4v) is 5.11. The fraction of sp³-hybridized carbons (Fsp3) is 0.130. The van der Waals surface area contributed by atoms with Crippen LogP contribution in [0.2, 0.25) is 0 Å². The number of anilines is 1. The predicted molar refractivity (Wildman–Crippen MR) is 125 cm³/mol. The van der Waals surface area contributed by atoms with Gasteiger partial charge in [-0.05, 0) is 36.8 Å². The molecule has 2 N–H and O–H groups in total. The third-order valence-electron chi connectivity index (χ3n) is 4.86. The van der Waals surface area contributed by atoms with Gasteiger partial charge >= 0.3 is 0 Å². The summed E-state index contributed by atoms with van der Waals surface area (Å²) in [5.41, 5.74) is 2.68. The molecule has 0 aliphatic rings. The number of nitrogens with zero attached hydrogens (tertiary/aromatic N) is 1. The number of fused-ring (bicyclic) bond motifs is 1. The van der Waals surface area contributed by atoms with Crippen LogP contribution in [-0.2, 0) is 14.8 Å². The molecule has 0 radical (unpaired) electrons. The fourth-order valence-electron chi connectivity index (χ4n) is 3.19. The molecule has 0 aliphatic carbocycles. The molecule has 0 bridgehead atoms. The van der Waals surface area contributed by atoms with E-state index in [9.17, 15) is 13.2 Å². The molecule has 158 valence electrons. The van der Waals surface area contributed by atoms with Crippen LogP contribution >= 0.6 is 11.3 Å². The highest BCUT2D eigenvalue weighted by Crippen LogP contribution is 2.31. The summed E-state index contributed by atoms with van der Waals surface area (Å²) < 4.78 is 27.5. The zero-order valence-electron chi connectivity index (χ0n) is 17.0. The summed E-state index contributed by atoms with van der Waals surface area (Å²) in [6.45, 7) is 3.38. The van der Waals surface area contributed by atoms with Crippen molar-refractivity contribution < 1.29 is 13.2 Å². The summed E-state index contributed by atoms with van der Waals surface area (Å²) in [7, 11) is -3.80. The molecule has 1 atom stereocenters. The zero-order valence-corrected chi connectivity index (χ0v) is 18.6. The van der Waals surface area contributed by atoms with Gasteiger partial charge in [0, 0.05) is 10.9 Å². The number of thiazole rings is 1. The topological polar surface area (TPSA) is 88.2 Å². The van der Waals surface area contributed by atoms with E-state index in [4.69, 9.17) is 0 Å². The molecule has 1 heterocycles. The maximum absolute atomic E-state index is 12.6. The first-order valence-corrected chi connectivity index (χ1v) is 12.0. The van der Waals surface area contributed by atoms with Crippen molar-refractivity contribution >= 4 is 43.2 Å². The monoisotopic (exact) mass is 451 g/mol. The first kappa shape index (κ1) is 21.2. The van der Waals surface area contributed by atoms with Gasteiger partial charge in [0.2, 0.25) is 15.9 Å². The van der Waals surface area contributed by atoms with E-state index in [1.54, 1.807) is 12.1 Å². The van der Waals surface area contributed by atoms with Crippen LogP contribution in [0.25, 0.3) is 22.0 Å². The number of carbonyl (C=O) groups excluding carboxylic acids is 1. The molecule has 6 nitrogen and oxygen atoms in total. The lowest BCUT2D eigenvalue weighted by Crippen LogP contribution is -2.41. The van der Waals surface area contributed by atoms with E-state index < -0.39 is 22.0 Å². The highest BCUT2D eigenvalue weighted by molar-refractivity contribution is 7.89. The number of amides is 1. The molecule has 0 fully saturated rings. The number of aryl methyl sites for hydroxylation is 1. The number of benzene rings is 3. The van der Waals surface area contributed by atoms with Crippen LogP contribution in [0.3, 0.4) is 0 Å². The van der Waals surface area contributed by atoms with Crippen LogP contribution in [0.15, 0.2) is 77.0 Å². The Balaban J connectivity index is 1.48. The van der Waals surface area contributed by atoms with Gasteiger partial charge in [0.1, 0.15) is 0 Å². The van der Waals surface area contributed by atoms with Crippen molar-refractivity contribution in [2.24, 2.45) is 0 Å². The summed E-state index contributed by atoms with van der Waals surface area (Å²) in [6.07, 6.45) is 0. The van der Waals surface area contributed by atoms with Crippen LogP contribution in [0.4, 0.5) is 5.13 Å². The van der Waals surface area contributed by atoms with Gasteiger partial charge in [-0.15, -0.1) is 11.3 Å². The number of aromatic nitrogens is 1. The van der Waals surface area contributed by atoms with Crippen molar-refractivity contribution in [3.8, 4) is 11.3 Å². The van der Waals surface area contributed by atoms with Crippen molar-refractivity contribution in [2.75, 3.05) is 5.32 Å². The highest BCUT2D eigenvalue weighted by Gasteiger charge is 2.23. The Hall–Kier alpha value is -3.07. The van der Waals surface area contributed by atoms with Gasteiger partial charge in [-0.2, -0.15) is 4.72 Å². The predicted octanol–water partition coefficient (Wildman–Crippen LogP) is 4.58. The summed E-state index contributed by atoms with van der Waals surface area (Å²) >= 11 is 1.29. The maximum atomic E-state index is 12.6. The smallest absolute Gasteiger partial charge is 0.244 e. The van der Waals surface area contributed by atoms with Crippen molar-refractivity contribution in [2.45, 2.75) is 24.8 Å². The standard InChI is InChI=1S/C23H21N3O3S2/c1-15-10-12-18(13-11-15)31(28,29)26-16(2)22(27)25-23-24-21(14-30-23)20-9-5-7-17-6-3-4-8-19(17)20/h3-14,16,26H,1-2H3,(H,24,25,27)/t16-/m0/s1. The molecule has 1 amide bonds. The molecular formula is C23H21N3O3S2. The molecule has 0 saturated carbocycles. The van der Waals surface area contributed by atoms with Gasteiger partial charge in [-0.1, -0.05) is 60.2 Å². The number of hydrogen-bond acceptors (Lipinski definition) is 5. The van der Waals surface area contributed by atoms with E-state index in [2.05, 4.69) is 15.0 Å². The molecule has 4 rings (SSSR count). The minimum Gasteiger partial charge on any atom is -0.301 e. The van der Waals surface area contributed by atoms with E-state index in [0.717, 1.165) is 27.6 Å². The molecule has 0 aliphatic heterocycles. The van der Waals surface area contributed by atoms with Crippen molar-refractivity contribution in [3.63, 3.8) is 0 Å². The Bertz CT molecular complexity index is 1340. The third kappa shape index (κ3) is 4.66. The summed E-state index contributed by atoms with van der Waals surface area (Å²) in [6, 6.07) is 19.5. The molecular weight excluding hydrogens is 430 g/mol. The number of sulfonamides is 1. The van der Waals surface area contributed by atoms with Gasteiger partial charge in [0.15, 0.2) is 5.13 Å². The second-order valence-electron chi connectivity index (χ2n) is 7.21. The molecule has 1 aromatic heterocycles. The Morgan fingerprint density at radius 1 is 1.00 bits per heavy atom. The van der Waals surface area contributed by atoms with E-state index in [1.807, 2.05) is 54.8 Å². The van der Waals surface area contributed by atoms with Crippen LogP contribution in [0, 0.1) is 6.92 Å². The van der Waals surface area contributed by atoms with E-state index >= 15 is 0 Å². The third-order valence-corrected chi connectivity index (χ3v) is 7.17. The number of nitrogens with one attached hydrogen (secondary N) is 2. The number of rotatable bonds is 6. The normalized spacial score (nSPS) is 12.6. The summed E-state index contributed by atoms with van der Waals surface area (Å²) in [4.78, 5) is 17.2. The molecule has 3 aromatic carbocycles. The number of hydrogen-bond donors (Lipinski definition) is 2. The van der Waals surface area contributed by atoms with E-state index in [0.29, 0.717) is 5.13 Å². The second-order valence-corrected chi connectivity index (χ2v) is 9.78. The minimum absolute atomic E-state index is 0.116. The largest absolute Gasteiger partial charge is 0.301 e. The van der Waals surface area contributed by atoms with Crippen LogP contribution in [0.1, 0.15) is 12.5 Å². The summed E-state index contributed by atoms with van der Waals surface area (Å²) in [5, 5.41) is 7.17. The molecule has 4 aromatic rings. The maximum Gasteiger partial charge on any atom is 0.244 e. The average Bonchev–Trinajstić information content (AvgIpc) is 3.21. The Morgan fingerprint density at radius 2 is 1.71 bits per heavy atom. The van der Waals surface area contributed by atoms with E-state index in [1.165, 1.54) is 30.4 Å². The van der Waals surface area contributed by atoms with Gasteiger partial charge in [-0.25, -0.2) is 13.4 Å². The van der Waals surface area contributed by atoms with Crippen LogP contribution in [-0.4, -0.2) is 25.4 Å². The zero-order chi connectivity index (χ0) is 22.0. The first-order valence-electron chi connectivity index (χ1n) is 9.67. The SMILES string of the molecule is Cc1ccc(S(=O)(=O)N[C@@H](C)C(=O)Nc2nc(-c3cccc4ccccc34)cs2)cc1. The summed E-state index contributed by atoms with van der Waals surface area (Å²) in [5.74, 6) is -0.477. The first-order chi connectivity index (χ1) is 14.8.